The third-order valence-electron chi connectivity index (χ3n) is 6.58. The van der Waals surface area contributed by atoms with Gasteiger partial charge in [0.1, 0.15) is 11.6 Å². The number of ether oxygens (including phenoxy) is 1. The van der Waals surface area contributed by atoms with Crippen LogP contribution in [0.2, 0.25) is 0 Å². The fraction of sp³-hybridized carbons (Fsp3) is 0.296. The molecule has 1 aliphatic heterocycles. The Balaban J connectivity index is 1.13. The molecule has 0 atom stereocenters. The highest BCUT2D eigenvalue weighted by molar-refractivity contribution is 5.84. The molecule has 0 aliphatic carbocycles. The van der Waals surface area contributed by atoms with Crippen molar-refractivity contribution in [3.63, 3.8) is 0 Å². The fourth-order valence-corrected chi connectivity index (χ4v) is 4.62. The van der Waals surface area contributed by atoms with Crippen LogP contribution in [0.15, 0.2) is 54.9 Å². The maximum Gasteiger partial charge on any atom is 0.433 e. The van der Waals surface area contributed by atoms with Crippen LogP contribution in [-0.4, -0.2) is 52.6 Å². The Morgan fingerprint density at radius 3 is 2.61 bits per heavy atom. The molecule has 0 saturated carbocycles. The molecule has 0 unspecified atom stereocenters. The van der Waals surface area contributed by atoms with E-state index in [9.17, 15) is 17.6 Å². The summed E-state index contributed by atoms with van der Waals surface area (Å²) in [5, 5.41) is 10.2. The number of benzene rings is 2. The van der Waals surface area contributed by atoms with Gasteiger partial charge in [-0.1, -0.05) is 0 Å². The lowest BCUT2D eigenvalue weighted by Crippen LogP contribution is -2.47. The van der Waals surface area contributed by atoms with Crippen LogP contribution in [0.25, 0.3) is 10.9 Å². The third kappa shape index (κ3) is 5.70. The molecule has 38 heavy (non-hydrogen) atoms. The Morgan fingerprint density at radius 1 is 1.05 bits per heavy atom. The monoisotopic (exact) mass is 524 g/mol. The molecule has 1 saturated heterocycles. The van der Waals surface area contributed by atoms with Gasteiger partial charge in [0, 0.05) is 55.5 Å². The molecular formula is C27H24F4N6O. The van der Waals surface area contributed by atoms with Gasteiger partial charge in [-0.15, -0.1) is 0 Å². The van der Waals surface area contributed by atoms with Crippen molar-refractivity contribution in [3.05, 3.63) is 77.5 Å². The van der Waals surface area contributed by atoms with Crippen LogP contribution in [0.3, 0.4) is 0 Å². The quantitative estimate of drug-likeness (QED) is 0.320. The molecule has 1 N–H and O–H groups in total. The van der Waals surface area contributed by atoms with Gasteiger partial charge in [-0.05, 0) is 61.3 Å². The summed E-state index contributed by atoms with van der Waals surface area (Å²) in [7, 11) is 0. The number of aryl methyl sites for hydroxylation is 1. The maximum absolute atomic E-state index is 14.9. The average Bonchev–Trinajstić information content (AvgIpc) is 3.31. The predicted molar refractivity (Wildman–Crippen MR) is 133 cm³/mol. The number of halogens is 4. The van der Waals surface area contributed by atoms with Crippen LogP contribution in [0.1, 0.15) is 23.2 Å². The average molecular weight is 525 g/mol. The molecule has 0 bridgehead atoms. The Kier molecular flexibility index (Phi) is 7.15. The molecule has 3 heterocycles. The number of rotatable bonds is 7. The Bertz CT molecular complexity index is 1470. The van der Waals surface area contributed by atoms with Crippen molar-refractivity contribution in [3.8, 4) is 17.8 Å². The van der Waals surface area contributed by atoms with Crippen LogP contribution in [0.5, 0.6) is 11.8 Å². The number of aromatic nitrogens is 3. The lowest BCUT2D eigenvalue weighted by atomic mass is 10.1. The lowest BCUT2D eigenvalue weighted by Gasteiger charge is -2.36. The van der Waals surface area contributed by atoms with E-state index in [0.717, 1.165) is 61.7 Å². The van der Waals surface area contributed by atoms with Crippen LogP contribution in [0, 0.1) is 17.1 Å². The van der Waals surface area contributed by atoms with Gasteiger partial charge in [0.15, 0.2) is 5.69 Å². The maximum atomic E-state index is 14.9. The molecule has 2 aromatic heterocycles. The third-order valence-corrected chi connectivity index (χ3v) is 6.58. The Labute approximate surface area is 216 Å². The van der Waals surface area contributed by atoms with Gasteiger partial charge in [-0.2, -0.15) is 23.4 Å². The first-order chi connectivity index (χ1) is 18.3. The first kappa shape index (κ1) is 25.5. The van der Waals surface area contributed by atoms with E-state index in [2.05, 4.69) is 25.9 Å². The summed E-state index contributed by atoms with van der Waals surface area (Å²) in [5.41, 5.74) is 2.13. The fourth-order valence-electron chi connectivity index (χ4n) is 4.62. The number of anilines is 1. The van der Waals surface area contributed by atoms with Gasteiger partial charge >= 0.3 is 12.2 Å². The van der Waals surface area contributed by atoms with E-state index < -0.39 is 23.7 Å². The second kappa shape index (κ2) is 10.7. The zero-order chi connectivity index (χ0) is 26.7. The minimum Gasteiger partial charge on any atom is -0.424 e. The molecular weight excluding hydrogens is 500 g/mol. The molecule has 0 spiro atoms. The molecule has 0 amide bonds. The number of nitriles is 1. The highest BCUT2D eigenvalue weighted by atomic mass is 19.4. The number of hydrogen-bond acceptors (Lipinski definition) is 6. The van der Waals surface area contributed by atoms with Crippen molar-refractivity contribution in [1.29, 1.82) is 5.26 Å². The Morgan fingerprint density at radius 2 is 1.87 bits per heavy atom. The summed E-state index contributed by atoms with van der Waals surface area (Å²) in [6, 6.07) is 12.2. The highest BCUT2D eigenvalue weighted by Crippen LogP contribution is 2.30. The van der Waals surface area contributed by atoms with Gasteiger partial charge in [0.25, 0.3) is 0 Å². The van der Waals surface area contributed by atoms with E-state index in [1.54, 1.807) is 12.1 Å². The molecule has 0 radical (unpaired) electrons. The topological polar surface area (TPSA) is 81.1 Å². The number of fused-ring (bicyclic) bond motifs is 1. The molecule has 7 nitrogen and oxygen atoms in total. The van der Waals surface area contributed by atoms with E-state index in [4.69, 9.17) is 10.00 Å². The molecule has 1 aliphatic rings. The van der Waals surface area contributed by atoms with Crippen LogP contribution < -0.4 is 9.64 Å². The summed E-state index contributed by atoms with van der Waals surface area (Å²) >= 11 is 0. The largest absolute Gasteiger partial charge is 0.433 e. The number of nitrogens with zero attached hydrogens (tertiary/aromatic N) is 5. The molecule has 11 heteroatoms. The van der Waals surface area contributed by atoms with E-state index in [1.165, 1.54) is 11.6 Å². The number of alkyl halides is 3. The number of hydrogen-bond donors (Lipinski definition) is 1. The van der Waals surface area contributed by atoms with E-state index in [1.807, 2.05) is 23.2 Å². The van der Waals surface area contributed by atoms with Crippen LogP contribution in [0.4, 0.5) is 23.2 Å². The van der Waals surface area contributed by atoms with E-state index in [-0.39, 0.29) is 5.75 Å². The summed E-state index contributed by atoms with van der Waals surface area (Å²) in [4.78, 5) is 14.6. The smallest absolute Gasteiger partial charge is 0.424 e. The van der Waals surface area contributed by atoms with Crippen molar-refractivity contribution in [2.24, 2.45) is 0 Å². The zero-order valence-corrected chi connectivity index (χ0v) is 20.3. The Hall–Kier alpha value is -4.17. The van der Waals surface area contributed by atoms with Crippen LogP contribution in [-0.2, 0) is 12.6 Å². The normalized spacial score (nSPS) is 14.6. The first-order valence-electron chi connectivity index (χ1n) is 12.2. The number of H-pyrrole nitrogens is 1. The molecule has 4 aromatic rings. The molecule has 2 aromatic carbocycles. The minimum atomic E-state index is -4.63. The SMILES string of the molecule is N#Cc1ccc2[nH]cc(CCCN3CCN(c4ccc(Oc5nccc(C(F)(F)F)n5)cc4F)CC3)c2c1. The van der Waals surface area contributed by atoms with Gasteiger partial charge in [-0.25, -0.2) is 9.37 Å². The summed E-state index contributed by atoms with van der Waals surface area (Å²) in [5.74, 6) is -0.512. The minimum absolute atomic E-state index is 0.0170. The van der Waals surface area contributed by atoms with Crippen molar-refractivity contribution in [2.75, 3.05) is 37.6 Å². The van der Waals surface area contributed by atoms with Crippen molar-refractivity contribution in [2.45, 2.75) is 19.0 Å². The lowest BCUT2D eigenvalue weighted by molar-refractivity contribution is -0.141. The first-order valence-corrected chi connectivity index (χ1v) is 12.2. The number of piperazine rings is 1. The van der Waals surface area contributed by atoms with Crippen molar-refractivity contribution in [1.82, 2.24) is 19.9 Å². The van der Waals surface area contributed by atoms with Gasteiger partial charge in [0.05, 0.1) is 17.3 Å². The van der Waals surface area contributed by atoms with Gasteiger partial charge in [-0.3, -0.25) is 4.90 Å². The number of aromatic amines is 1. The van der Waals surface area contributed by atoms with Crippen LogP contribution >= 0.6 is 0 Å². The van der Waals surface area contributed by atoms with E-state index in [0.29, 0.717) is 24.3 Å². The summed E-state index contributed by atoms with van der Waals surface area (Å²) in [6.07, 6.45) is 0.165. The van der Waals surface area contributed by atoms with Crippen molar-refractivity contribution < 1.29 is 22.3 Å². The molecule has 196 valence electrons. The predicted octanol–water partition coefficient (Wildman–Crippen LogP) is 5.53. The summed E-state index contributed by atoms with van der Waals surface area (Å²) in [6.45, 7) is 3.76. The van der Waals surface area contributed by atoms with Gasteiger partial charge in [0.2, 0.25) is 0 Å². The number of nitrogens with one attached hydrogen (secondary N) is 1. The second-order valence-electron chi connectivity index (χ2n) is 9.06. The summed E-state index contributed by atoms with van der Waals surface area (Å²) < 4.78 is 58.7. The van der Waals surface area contributed by atoms with E-state index >= 15 is 0 Å². The molecule has 1 fully saturated rings. The standard InChI is InChI=1S/C27H24F4N6O/c28-22-15-20(38-26-33-8-7-25(35-26)27(29,30)31)4-6-24(22)37-12-10-36(11-13-37)9-1-2-19-17-34-23-5-3-18(16-32)14-21(19)23/h3-8,14-15,17,34H,1-2,9-13H2. The van der Waals surface area contributed by atoms with Crippen molar-refractivity contribution >= 4 is 16.6 Å². The van der Waals surface area contributed by atoms with Gasteiger partial charge < -0.3 is 14.6 Å². The zero-order valence-electron chi connectivity index (χ0n) is 20.3. The molecule has 5 rings (SSSR count). The second-order valence-corrected chi connectivity index (χ2v) is 9.06. The highest BCUT2D eigenvalue weighted by Gasteiger charge is 2.33.